The number of aromatic nitrogens is 1. The van der Waals surface area contributed by atoms with Crippen LogP contribution in [-0.2, 0) is 16.1 Å². The highest BCUT2D eigenvalue weighted by Crippen LogP contribution is 2.34. The van der Waals surface area contributed by atoms with Crippen molar-refractivity contribution in [1.29, 1.82) is 0 Å². The van der Waals surface area contributed by atoms with Gasteiger partial charge in [-0.1, -0.05) is 35.2 Å². The van der Waals surface area contributed by atoms with Gasteiger partial charge in [0.25, 0.3) is 0 Å². The number of carbonyl (C=O) groups is 1. The monoisotopic (exact) mass is 409 g/mol. The molecule has 0 atom stereocenters. The second-order valence-electron chi connectivity index (χ2n) is 5.93. The van der Waals surface area contributed by atoms with E-state index >= 15 is 0 Å². The van der Waals surface area contributed by atoms with Crippen LogP contribution in [-0.4, -0.2) is 18.1 Å². The predicted octanol–water partition coefficient (Wildman–Crippen LogP) is 5.20. The molecule has 0 unspecified atom stereocenters. The van der Waals surface area contributed by atoms with Gasteiger partial charge in [-0.2, -0.15) is 0 Å². The molecule has 1 aromatic carbocycles. The Morgan fingerprint density at radius 2 is 2.12 bits per heavy atom. The van der Waals surface area contributed by atoms with E-state index in [0.29, 0.717) is 0 Å². The van der Waals surface area contributed by atoms with Crippen molar-refractivity contribution in [3.05, 3.63) is 33.7 Å². The molecule has 1 aromatic heterocycles. The molecule has 1 fully saturated rings. The van der Waals surface area contributed by atoms with Gasteiger partial charge in [0.05, 0.1) is 24.3 Å². The largest absolute Gasteiger partial charge is 0.496 e. The van der Waals surface area contributed by atoms with Crippen molar-refractivity contribution in [2.45, 2.75) is 38.7 Å². The molecule has 128 valence electrons. The minimum absolute atomic E-state index is 0.0713. The SMILES string of the molecule is COc1ccc(Br)cc1-c1nc(COC(=O)C2CCCCC2)cs1. The second kappa shape index (κ2) is 8.12. The Balaban J connectivity index is 1.65. The number of hydrogen-bond acceptors (Lipinski definition) is 5. The van der Waals surface area contributed by atoms with Gasteiger partial charge in [0.1, 0.15) is 17.4 Å². The molecule has 2 aromatic rings. The summed E-state index contributed by atoms with van der Waals surface area (Å²) in [6.07, 6.45) is 5.40. The molecule has 3 rings (SSSR count). The highest BCUT2D eigenvalue weighted by molar-refractivity contribution is 9.10. The smallest absolute Gasteiger partial charge is 0.309 e. The standard InChI is InChI=1S/C18H20BrNO3S/c1-22-16-8-7-13(19)9-15(16)17-20-14(11-24-17)10-23-18(21)12-5-3-2-4-6-12/h7-9,11-12H,2-6,10H2,1H3. The van der Waals surface area contributed by atoms with Crippen molar-refractivity contribution in [2.75, 3.05) is 7.11 Å². The van der Waals surface area contributed by atoms with E-state index in [4.69, 9.17) is 9.47 Å². The number of rotatable bonds is 5. The Hall–Kier alpha value is -1.40. The lowest BCUT2D eigenvalue weighted by Crippen LogP contribution is -2.20. The molecular weight excluding hydrogens is 390 g/mol. The van der Waals surface area contributed by atoms with Crippen molar-refractivity contribution < 1.29 is 14.3 Å². The Morgan fingerprint density at radius 1 is 1.33 bits per heavy atom. The maximum atomic E-state index is 12.1. The lowest BCUT2D eigenvalue weighted by molar-refractivity contribution is -0.151. The molecule has 0 bridgehead atoms. The predicted molar refractivity (Wildman–Crippen MR) is 98.2 cm³/mol. The van der Waals surface area contributed by atoms with Crippen LogP contribution in [0.5, 0.6) is 5.75 Å². The van der Waals surface area contributed by atoms with Gasteiger partial charge in [0.2, 0.25) is 0 Å². The summed E-state index contributed by atoms with van der Waals surface area (Å²) >= 11 is 5.00. The van der Waals surface area contributed by atoms with Gasteiger partial charge in [0.15, 0.2) is 0 Å². The molecule has 1 heterocycles. The van der Waals surface area contributed by atoms with E-state index in [1.807, 2.05) is 23.6 Å². The fourth-order valence-corrected chi connectivity index (χ4v) is 4.13. The quantitative estimate of drug-likeness (QED) is 0.636. The van der Waals surface area contributed by atoms with E-state index in [0.717, 1.165) is 52.2 Å². The first-order valence-electron chi connectivity index (χ1n) is 8.12. The molecule has 1 aliphatic rings. The fourth-order valence-electron chi connectivity index (χ4n) is 2.95. The molecule has 0 N–H and O–H groups in total. The first kappa shape index (κ1) is 17.4. The van der Waals surface area contributed by atoms with Crippen LogP contribution in [0.1, 0.15) is 37.8 Å². The van der Waals surface area contributed by atoms with Gasteiger partial charge in [-0.25, -0.2) is 4.98 Å². The minimum atomic E-state index is -0.0794. The molecular formula is C18H20BrNO3S. The number of nitrogens with zero attached hydrogens (tertiary/aromatic N) is 1. The summed E-state index contributed by atoms with van der Waals surface area (Å²) in [5.74, 6) is 0.768. The number of hydrogen-bond donors (Lipinski definition) is 0. The average molecular weight is 410 g/mol. The highest BCUT2D eigenvalue weighted by atomic mass is 79.9. The van der Waals surface area contributed by atoms with Crippen LogP contribution in [0.15, 0.2) is 28.1 Å². The summed E-state index contributed by atoms with van der Waals surface area (Å²) in [7, 11) is 1.65. The van der Waals surface area contributed by atoms with E-state index in [1.165, 1.54) is 17.8 Å². The third-order valence-corrected chi connectivity index (χ3v) is 5.66. The molecule has 0 amide bonds. The first-order valence-corrected chi connectivity index (χ1v) is 9.79. The molecule has 0 spiro atoms. The van der Waals surface area contributed by atoms with E-state index in [9.17, 15) is 4.79 Å². The first-order chi connectivity index (χ1) is 11.7. The minimum Gasteiger partial charge on any atom is -0.496 e. The van der Waals surface area contributed by atoms with E-state index in [2.05, 4.69) is 20.9 Å². The lowest BCUT2D eigenvalue weighted by Gasteiger charge is -2.19. The number of thiazole rings is 1. The van der Waals surface area contributed by atoms with Gasteiger partial charge in [-0.15, -0.1) is 11.3 Å². The lowest BCUT2D eigenvalue weighted by atomic mass is 9.89. The van der Waals surface area contributed by atoms with Crippen LogP contribution in [0.4, 0.5) is 0 Å². The van der Waals surface area contributed by atoms with E-state index in [1.54, 1.807) is 7.11 Å². The number of benzene rings is 1. The molecule has 0 saturated heterocycles. The Morgan fingerprint density at radius 3 is 2.88 bits per heavy atom. The van der Waals surface area contributed by atoms with E-state index < -0.39 is 0 Å². The van der Waals surface area contributed by atoms with Crippen molar-refractivity contribution >= 4 is 33.2 Å². The Labute approximate surface area is 154 Å². The van der Waals surface area contributed by atoms with Crippen molar-refractivity contribution in [1.82, 2.24) is 4.98 Å². The zero-order valence-electron chi connectivity index (χ0n) is 13.6. The van der Waals surface area contributed by atoms with Crippen molar-refractivity contribution in [2.24, 2.45) is 5.92 Å². The molecule has 1 aliphatic carbocycles. The Kier molecular flexibility index (Phi) is 5.89. The second-order valence-corrected chi connectivity index (χ2v) is 7.71. The van der Waals surface area contributed by atoms with Crippen LogP contribution in [0.25, 0.3) is 10.6 Å². The molecule has 1 saturated carbocycles. The van der Waals surface area contributed by atoms with Gasteiger partial charge < -0.3 is 9.47 Å². The van der Waals surface area contributed by atoms with Gasteiger partial charge in [-0.05, 0) is 31.0 Å². The molecule has 6 heteroatoms. The topological polar surface area (TPSA) is 48.4 Å². The van der Waals surface area contributed by atoms with Crippen LogP contribution in [0.2, 0.25) is 0 Å². The van der Waals surface area contributed by atoms with Gasteiger partial charge in [0, 0.05) is 9.85 Å². The van der Waals surface area contributed by atoms with Gasteiger partial charge in [-0.3, -0.25) is 4.79 Å². The summed E-state index contributed by atoms with van der Waals surface area (Å²) in [6.45, 7) is 0.238. The summed E-state index contributed by atoms with van der Waals surface area (Å²) in [4.78, 5) is 16.7. The zero-order valence-corrected chi connectivity index (χ0v) is 16.0. The number of ether oxygens (including phenoxy) is 2. The van der Waals surface area contributed by atoms with Crippen LogP contribution < -0.4 is 4.74 Å². The number of esters is 1. The van der Waals surface area contributed by atoms with Crippen molar-refractivity contribution in [3.8, 4) is 16.3 Å². The van der Waals surface area contributed by atoms with Crippen LogP contribution >= 0.6 is 27.3 Å². The third-order valence-electron chi connectivity index (χ3n) is 4.24. The number of carbonyl (C=O) groups excluding carboxylic acids is 1. The number of halogens is 1. The van der Waals surface area contributed by atoms with E-state index in [-0.39, 0.29) is 18.5 Å². The molecule has 24 heavy (non-hydrogen) atoms. The number of methoxy groups -OCH3 is 1. The summed E-state index contributed by atoms with van der Waals surface area (Å²) in [5, 5.41) is 2.79. The summed E-state index contributed by atoms with van der Waals surface area (Å²) in [5.41, 5.74) is 1.71. The van der Waals surface area contributed by atoms with Crippen LogP contribution in [0.3, 0.4) is 0 Å². The van der Waals surface area contributed by atoms with Crippen molar-refractivity contribution in [3.63, 3.8) is 0 Å². The maximum absolute atomic E-state index is 12.1. The molecule has 4 nitrogen and oxygen atoms in total. The summed E-state index contributed by atoms with van der Waals surface area (Å²) < 4.78 is 11.8. The Bertz CT molecular complexity index is 710. The van der Waals surface area contributed by atoms with Crippen LogP contribution in [0, 0.1) is 5.92 Å². The molecule has 0 radical (unpaired) electrons. The molecule has 0 aliphatic heterocycles. The third kappa shape index (κ3) is 4.16. The fraction of sp³-hybridized carbons (Fsp3) is 0.444. The average Bonchev–Trinajstić information content (AvgIpc) is 3.09. The summed E-state index contributed by atoms with van der Waals surface area (Å²) in [6, 6.07) is 5.82. The zero-order chi connectivity index (χ0) is 16.9. The van der Waals surface area contributed by atoms with Gasteiger partial charge >= 0.3 is 5.97 Å². The normalized spacial score (nSPS) is 15.2. The highest BCUT2D eigenvalue weighted by Gasteiger charge is 2.22. The maximum Gasteiger partial charge on any atom is 0.309 e.